The van der Waals surface area contributed by atoms with E-state index in [9.17, 15) is 8.42 Å². The predicted octanol–water partition coefficient (Wildman–Crippen LogP) is 1.01. The fourth-order valence-corrected chi connectivity index (χ4v) is 3.51. The second-order valence-corrected chi connectivity index (χ2v) is 6.66. The number of benzene rings is 1. The van der Waals surface area contributed by atoms with Crippen molar-refractivity contribution in [3.05, 3.63) is 47.0 Å². The lowest BCUT2D eigenvalue weighted by Crippen LogP contribution is -2.27. The summed E-state index contributed by atoms with van der Waals surface area (Å²) in [5.74, 6) is 0.751. The molecule has 1 aromatic heterocycles. The Morgan fingerprint density at radius 2 is 2.10 bits per heavy atom. The van der Waals surface area contributed by atoms with Gasteiger partial charge >= 0.3 is 0 Å². The van der Waals surface area contributed by atoms with Crippen molar-refractivity contribution in [1.82, 2.24) is 14.7 Å². The van der Waals surface area contributed by atoms with Crippen LogP contribution in [0.4, 0.5) is 0 Å². The number of rotatable bonds is 6. The van der Waals surface area contributed by atoms with Crippen LogP contribution < -0.4 is 10.5 Å². The van der Waals surface area contributed by atoms with Gasteiger partial charge in [-0.05, 0) is 36.6 Å². The van der Waals surface area contributed by atoms with Crippen LogP contribution in [-0.4, -0.2) is 24.9 Å². The molecule has 6 nitrogen and oxygen atoms in total. The second kappa shape index (κ2) is 6.38. The summed E-state index contributed by atoms with van der Waals surface area (Å²) in [5, 5.41) is 0. The Bertz CT molecular complexity index is 709. The van der Waals surface area contributed by atoms with Crippen molar-refractivity contribution in [2.75, 3.05) is 6.54 Å². The largest absolute Gasteiger partial charge is 0.349 e. The molecule has 0 unspecified atom stereocenters. The molecule has 0 aliphatic rings. The van der Waals surface area contributed by atoms with Gasteiger partial charge in [0, 0.05) is 31.9 Å². The fourth-order valence-electron chi connectivity index (χ4n) is 2.11. The lowest BCUT2D eigenvalue weighted by molar-refractivity contribution is 0.580. The number of imidazole rings is 1. The zero-order valence-corrected chi connectivity index (χ0v) is 13.0. The van der Waals surface area contributed by atoms with Crippen molar-refractivity contribution in [2.24, 2.45) is 5.73 Å². The van der Waals surface area contributed by atoms with Gasteiger partial charge in [-0.15, -0.1) is 0 Å². The molecule has 7 heteroatoms. The molecule has 21 heavy (non-hydrogen) atoms. The number of H-pyrrole nitrogens is 1. The molecule has 0 amide bonds. The van der Waals surface area contributed by atoms with E-state index in [1.165, 1.54) is 0 Å². The van der Waals surface area contributed by atoms with E-state index < -0.39 is 10.0 Å². The van der Waals surface area contributed by atoms with Crippen molar-refractivity contribution in [1.29, 1.82) is 0 Å². The van der Waals surface area contributed by atoms with Crippen LogP contribution in [0.2, 0.25) is 0 Å². The molecular weight excluding hydrogens is 288 g/mol. The Labute approximate surface area is 124 Å². The third kappa shape index (κ3) is 3.69. The van der Waals surface area contributed by atoms with Gasteiger partial charge in [-0.2, -0.15) is 0 Å². The fraction of sp³-hybridized carbons (Fsp3) is 0.357. The number of aromatic amines is 1. The summed E-state index contributed by atoms with van der Waals surface area (Å²) < 4.78 is 27.4. The normalized spacial score (nSPS) is 11.8. The van der Waals surface area contributed by atoms with Gasteiger partial charge in [0.1, 0.15) is 5.82 Å². The van der Waals surface area contributed by atoms with E-state index in [0.717, 1.165) is 22.5 Å². The number of hydrogen-bond acceptors (Lipinski definition) is 4. The van der Waals surface area contributed by atoms with Crippen LogP contribution >= 0.6 is 0 Å². The molecule has 1 heterocycles. The Hall–Kier alpha value is -1.70. The zero-order valence-electron chi connectivity index (χ0n) is 12.2. The van der Waals surface area contributed by atoms with Crippen LogP contribution in [-0.2, 0) is 23.0 Å². The van der Waals surface area contributed by atoms with Crippen LogP contribution in [0.5, 0.6) is 0 Å². The summed E-state index contributed by atoms with van der Waals surface area (Å²) in [6.07, 6.45) is 3.87. The highest BCUT2D eigenvalue weighted by atomic mass is 32.2. The number of aryl methyl sites for hydroxylation is 1. The summed E-state index contributed by atoms with van der Waals surface area (Å²) in [6, 6.07) is 3.55. The molecule has 4 N–H and O–H groups in total. The zero-order chi connectivity index (χ0) is 15.5. The van der Waals surface area contributed by atoms with E-state index >= 15 is 0 Å². The van der Waals surface area contributed by atoms with Gasteiger partial charge < -0.3 is 10.7 Å². The first-order valence-corrected chi connectivity index (χ1v) is 8.20. The Balaban J connectivity index is 2.17. The van der Waals surface area contributed by atoms with Gasteiger partial charge in [0.05, 0.1) is 4.90 Å². The van der Waals surface area contributed by atoms with Crippen LogP contribution in [0.3, 0.4) is 0 Å². The molecule has 0 atom stereocenters. The molecule has 0 saturated heterocycles. The third-order valence-corrected chi connectivity index (χ3v) is 5.00. The Morgan fingerprint density at radius 3 is 2.71 bits per heavy atom. The summed E-state index contributed by atoms with van der Waals surface area (Å²) in [4.78, 5) is 7.29. The maximum absolute atomic E-state index is 12.4. The van der Waals surface area contributed by atoms with E-state index in [4.69, 9.17) is 5.73 Å². The SMILES string of the molecule is Cc1cc(CN)cc(S(=O)(=O)NCCc2ncc[nH]2)c1C. The lowest BCUT2D eigenvalue weighted by Gasteiger charge is -2.13. The molecule has 1 aromatic carbocycles. The van der Waals surface area contributed by atoms with Gasteiger partial charge in [-0.25, -0.2) is 18.1 Å². The highest BCUT2D eigenvalue weighted by molar-refractivity contribution is 7.89. The lowest BCUT2D eigenvalue weighted by atomic mass is 10.1. The third-order valence-electron chi connectivity index (χ3n) is 3.41. The number of hydrogen-bond donors (Lipinski definition) is 3. The standard InChI is InChI=1S/C14H20N4O2S/c1-10-7-12(9-15)8-13(11(10)2)21(19,20)18-4-3-14-16-5-6-17-14/h5-8,18H,3-4,9,15H2,1-2H3,(H,16,17). The summed E-state index contributed by atoms with van der Waals surface area (Å²) in [7, 11) is -3.55. The topological polar surface area (TPSA) is 101 Å². The first-order chi connectivity index (χ1) is 9.94. The van der Waals surface area contributed by atoms with Crippen molar-refractivity contribution < 1.29 is 8.42 Å². The van der Waals surface area contributed by atoms with E-state index in [0.29, 0.717) is 24.4 Å². The predicted molar refractivity (Wildman–Crippen MR) is 81.3 cm³/mol. The summed E-state index contributed by atoms with van der Waals surface area (Å²) in [5.41, 5.74) is 8.10. The molecule has 0 aliphatic heterocycles. The molecule has 0 saturated carbocycles. The monoisotopic (exact) mass is 308 g/mol. The average molecular weight is 308 g/mol. The molecule has 0 bridgehead atoms. The highest BCUT2D eigenvalue weighted by Crippen LogP contribution is 2.20. The molecule has 0 spiro atoms. The average Bonchev–Trinajstić information content (AvgIpc) is 2.94. The summed E-state index contributed by atoms with van der Waals surface area (Å²) >= 11 is 0. The minimum atomic E-state index is -3.55. The summed E-state index contributed by atoms with van der Waals surface area (Å²) in [6.45, 7) is 4.30. The number of nitrogens with zero attached hydrogens (tertiary/aromatic N) is 1. The number of sulfonamides is 1. The molecule has 0 radical (unpaired) electrons. The minimum absolute atomic E-state index is 0.293. The van der Waals surface area contributed by atoms with E-state index in [-0.39, 0.29) is 0 Å². The van der Waals surface area contributed by atoms with Gasteiger partial charge in [0.25, 0.3) is 0 Å². The van der Waals surface area contributed by atoms with Crippen LogP contribution in [0.1, 0.15) is 22.5 Å². The minimum Gasteiger partial charge on any atom is -0.349 e. The highest BCUT2D eigenvalue weighted by Gasteiger charge is 2.18. The molecule has 2 rings (SSSR count). The van der Waals surface area contributed by atoms with Gasteiger partial charge in [0.2, 0.25) is 10.0 Å². The maximum atomic E-state index is 12.4. The first-order valence-electron chi connectivity index (χ1n) is 6.72. The maximum Gasteiger partial charge on any atom is 0.240 e. The van der Waals surface area contributed by atoms with Gasteiger partial charge in [-0.1, -0.05) is 6.07 Å². The Morgan fingerprint density at radius 1 is 1.33 bits per heavy atom. The van der Waals surface area contributed by atoms with Crippen LogP contribution in [0, 0.1) is 13.8 Å². The van der Waals surface area contributed by atoms with E-state index in [1.807, 2.05) is 13.0 Å². The molecule has 2 aromatic rings. The van der Waals surface area contributed by atoms with Crippen LogP contribution in [0.25, 0.3) is 0 Å². The van der Waals surface area contributed by atoms with Gasteiger partial charge in [-0.3, -0.25) is 0 Å². The van der Waals surface area contributed by atoms with Crippen molar-refractivity contribution in [3.63, 3.8) is 0 Å². The molecule has 0 fully saturated rings. The number of nitrogens with one attached hydrogen (secondary N) is 2. The Kier molecular flexibility index (Phi) is 4.76. The molecule has 0 aliphatic carbocycles. The van der Waals surface area contributed by atoms with Gasteiger partial charge in [0.15, 0.2) is 0 Å². The van der Waals surface area contributed by atoms with Crippen LogP contribution in [0.15, 0.2) is 29.4 Å². The van der Waals surface area contributed by atoms with Crippen molar-refractivity contribution in [3.8, 4) is 0 Å². The van der Waals surface area contributed by atoms with E-state index in [2.05, 4.69) is 14.7 Å². The second-order valence-electron chi connectivity index (χ2n) is 4.92. The van der Waals surface area contributed by atoms with Crippen molar-refractivity contribution >= 4 is 10.0 Å². The van der Waals surface area contributed by atoms with Crippen molar-refractivity contribution in [2.45, 2.75) is 31.7 Å². The molecular formula is C14H20N4O2S. The number of aromatic nitrogens is 2. The smallest absolute Gasteiger partial charge is 0.240 e. The first kappa shape index (κ1) is 15.7. The molecule has 114 valence electrons. The van der Waals surface area contributed by atoms with E-state index in [1.54, 1.807) is 25.4 Å². The number of nitrogens with two attached hydrogens (primary N) is 1. The quantitative estimate of drug-likeness (QED) is 0.741.